The molecule has 0 radical (unpaired) electrons. The van der Waals surface area contributed by atoms with Gasteiger partial charge < -0.3 is 14.6 Å². The average Bonchev–Trinajstić information content (AvgIpc) is 3.23. The van der Waals surface area contributed by atoms with Crippen LogP contribution in [0.4, 0.5) is 0 Å². The fourth-order valence-corrected chi connectivity index (χ4v) is 2.78. The van der Waals surface area contributed by atoms with Crippen molar-refractivity contribution in [1.29, 1.82) is 0 Å². The smallest absolute Gasteiger partial charge is 0.291 e. The number of amides is 2. The molecule has 2 amide bonds. The molecule has 2 aromatic heterocycles. The van der Waals surface area contributed by atoms with Crippen molar-refractivity contribution in [1.82, 2.24) is 20.2 Å². The monoisotopic (exact) mass is 314 g/mol. The highest BCUT2D eigenvalue weighted by Gasteiger charge is 2.32. The molecule has 0 unspecified atom stereocenters. The molecule has 1 atom stereocenters. The zero-order valence-corrected chi connectivity index (χ0v) is 12.9. The first kappa shape index (κ1) is 15.2. The van der Waals surface area contributed by atoms with Crippen LogP contribution in [0.1, 0.15) is 47.7 Å². The zero-order valence-electron chi connectivity index (χ0n) is 12.9. The average molecular weight is 314 g/mol. The highest BCUT2D eigenvalue weighted by Crippen LogP contribution is 2.32. The summed E-state index contributed by atoms with van der Waals surface area (Å²) in [5, 5.41) is 2.73. The van der Waals surface area contributed by atoms with Crippen molar-refractivity contribution in [2.24, 2.45) is 0 Å². The summed E-state index contributed by atoms with van der Waals surface area (Å²) in [7, 11) is 0. The third kappa shape index (κ3) is 3.39. The van der Waals surface area contributed by atoms with E-state index in [1.807, 2.05) is 18.2 Å². The van der Waals surface area contributed by atoms with Gasteiger partial charge in [-0.05, 0) is 25.0 Å². The summed E-state index contributed by atoms with van der Waals surface area (Å²) >= 11 is 0. The predicted octanol–water partition coefficient (Wildman–Crippen LogP) is 1.68. The number of hydrogen-bond donors (Lipinski definition) is 1. The Bertz CT molecular complexity index is 699. The van der Waals surface area contributed by atoms with E-state index in [-0.39, 0.29) is 23.6 Å². The third-order valence-corrected chi connectivity index (χ3v) is 3.84. The molecule has 1 fully saturated rings. The highest BCUT2D eigenvalue weighted by atomic mass is 16.3. The fourth-order valence-electron chi connectivity index (χ4n) is 2.78. The van der Waals surface area contributed by atoms with Crippen molar-refractivity contribution in [2.75, 3.05) is 6.54 Å². The Morgan fingerprint density at radius 1 is 1.43 bits per heavy atom. The molecule has 0 bridgehead atoms. The minimum absolute atomic E-state index is 0.0788. The van der Waals surface area contributed by atoms with E-state index in [9.17, 15) is 9.59 Å². The van der Waals surface area contributed by atoms with Gasteiger partial charge in [0.15, 0.2) is 6.39 Å². The number of carbonyl (C=O) groups excluding carboxylic acids is 2. The Balaban J connectivity index is 1.78. The van der Waals surface area contributed by atoms with E-state index in [2.05, 4.69) is 15.3 Å². The lowest BCUT2D eigenvalue weighted by atomic mass is 10.1. The van der Waals surface area contributed by atoms with Crippen LogP contribution in [0.2, 0.25) is 0 Å². The van der Waals surface area contributed by atoms with Crippen molar-refractivity contribution in [2.45, 2.75) is 32.4 Å². The zero-order chi connectivity index (χ0) is 16.2. The number of likely N-dealkylation sites (tertiary alicyclic amines) is 1. The lowest BCUT2D eigenvalue weighted by Crippen LogP contribution is -2.31. The molecule has 120 valence electrons. The number of rotatable bonds is 4. The first-order valence-corrected chi connectivity index (χ1v) is 7.55. The number of nitrogens with zero attached hydrogens (tertiary/aromatic N) is 3. The van der Waals surface area contributed by atoms with Gasteiger partial charge in [-0.25, -0.2) is 4.98 Å². The minimum Gasteiger partial charge on any atom is -0.438 e. The van der Waals surface area contributed by atoms with E-state index < -0.39 is 0 Å². The normalized spacial score (nSPS) is 17.3. The van der Waals surface area contributed by atoms with E-state index in [1.165, 1.54) is 19.5 Å². The summed E-state index contributed by atoms with van der Waals surface area (Å²) in [6.07, 6.45) is 4.46. The first-order chi connectivity index (χ1) is 11.1. The molecule has 1 aliphatic heterocycles. The van der Waals surface area contributed by atoms with Gasteiger partial charge in [0, 0.05) is 13.5 Å². The number of oxazole rings is 1. The second kappa shape index (κ2) is 6.60. The quantitative estimate of drug-likeness (QED) is 0.927. The molecule has 0 saturated carbocycles. The van der Waals surface area contributed by atoms with Crippen LogP contribution in [0.15, 0.2) is 35.2 Å². The molecule has 23 heavy (non-hydrogen) atoms. The molecule has 1 aliphatic rings. The molecule has 2 aromatic rings. The molecule has 0 spiro atoms. The molecule has 0 aliphatic carbocycles. The summed E-state index contributed by atoms with van der Waals surface area (Å²) < 4.78 is 5.11. The van der Waals surface area contributed by atoms with Crippen LogP contribution in [-0.2, 0) is 11.3 Å². The lowest BCUT2D eigenvalue weighted by molar-refractivity contribution is -0.119. The van der Waals surface area contributed by atoms with Crippen molar-refractivity contribution in [3.05, 3.63) is 47.9 Å². The molecule has 0 aromatic carbocycles. The highest BCUT2D eigenvalue weighted by molar-refractivity contribution is 5.91. The maximum Gasteiger partial charge on any atom is 0.291 e. The van der Waals surface area contributed by atoms with Gasteiger partial charge in [0.2, 0.25) is 11.7 Å². The summed E-state index contributed by atoms with van der Waals surface area (Å²) in [5.74, 6) is -0.0226. The molecule has 7 nitrogen and oxygen atoms in total. The largest absolute Gasteiger partial charge is 0.438 e. The number of nitrogens with one attached hydrogen (secondary N) is 1. The predicted molar refractivity (Wildman–Crippen MR) is 81.3 cm³/mol. The summed E-state index contributed by atoms with van der Waals surface area (Å²) in [4.78, 5) is 33.7. The molecular weight excluding hydrogens is 296 g/mol. The van der Waals surface area contributed by atoms with Crippen LogP contribution in [0.25, 0.3) is 0 Å². The van der Waals surface area contributed by atoms with Gasteiger partial charge in [0.05, 0.1) is 30.2 Å². The molecule has 1 N–H and O–H groups in total. The third-order valence-electron chi connectivity index (χ3n) is 3.84. The van der Waals surface area contributed by atoms with E-state index in [0.717, 1.165) is 24.2 Å². The van der Waals surface area contributed by atoms with Gasteiger partial charge in [0.25, 0.3) is 5.91 Å². The number of hydrogen-bond acceptors (Lipinski definition) is 5. The van der Waals surface area contributed by atoms with Crippen molar-refractivity contribution in [3.63, 3.8) is 0 Å². The van der Waals surface area contributed by atoms with Crippen LogP contribution in [-0.4, -0.2) is 33.2 Å². The van der Waals surface area contributed by atoms with Gasteiger partial charge in [-0.15, -0.1) is 0 Å². The van der Waals surface area contributed by atoms with Crippen molar-refractivity contribution >= 4 is 11.8 Å². The minimum atomic E-state index is -0.168. The van der Waals surface area contributed by atoms with Crippen LogP contribution >= 0.6 is 0 Å². The maximum absolute atomic E-state index is 12.5. The molecule has 3 rings (SSSR count). The van der Waals surface area contributed by atoms with Gasteiger partial charge in [-0.2, -0.15) is 0 Å². The van der Waals surface area contributed by atoms with Crippen LogP contribution in [0.5, 0.6) is 0 Å². The molecular formula is C16H18N4O3. The van der Waals surface area contributed by atoms with Crippen molar-refractivity contribution in [3.8, 4) is 0 Å². The van der Waals surface area contributed by atoms with Crippen LogP contribution < -0.4 is 5.32 Å². The topological polar surface area (TPSA) is 88.3 Å². The maximum atomic E-state index is 12.5. The molecule has 1 saturated heterocycles. The van der Waals surface area contributed by atoms with Gasteiger partial charge in [-0.3, -0.25) is 14.6 Å². The Morgan fingerprint density at radius 3 is 3.04 bits per heavy atom. The van der Waals surface area contributed by atoms with Crippen LogP contribution in [0, 0.1) is 0 Å². The number of carbonyl (C=O) groups is 2. The molecule has 3 heterocycles. The Kier molecular flexibility index (Phi) is 4.36. The van der Waals surface area contributed by atoms with Gasteiger partial charge >= 0.3 is 0 Å². The Morgan fingerprint density at radius 2 is 2.30 bits per heavy atom. The van der Waals surface area contributed by atoms with E-state index >= 15 is 0 Å². The number of aromatic nitrogens is 2. The summed E-state index contributed by atoms with van der Waals surface area (Å²) in [6.45, 7) is 2.52. The second-order valence-corrected chi connectivity index (χ2v) is 5.49. The van der Waals surface area contributed by atoms with Crippen LogP contribution in [0.3, 0.4) is 0 Å². The molecule has 7 heteroatoms. The van der Waals surface area contributed by atoms with Gasteiger partial charge in [-0.1, -0.05) is 6.07 Å². The SMILES string of the molecule is CC(=O)NCc1cccc([C@H]2CCCN2C(=O)c2cnco2)n1. The van der Waals surface area contributed by atoms with E-state index in [0.29, 0.717) is 13.1 Å². The van der Waals surface area contributed by atoms with Gasteiger partial charge in [0.1, 0.15) is 0 Å². The van der Waals surface area contributed by atoms with Crippen molar-refractivity contribution < 1.29 is 14.0 Å². The summed E-state index contributed by atoms with van der Waals surface area (Å²) in [6, 6.07) is 5.59. The number of pyridine rings is 1. The van der Waals surface area contributed by atoms with E-state index in [1.54, 1.807) is 4.90 Å². The summed E-state index contributed by atoms with van der Waals surface area (Å²) in [5.41, 5.74) is 1.61. The Hall–Kier alpha value is -2.70. The Labute approximate surface area is 133 Å². The standard InChI is InChI=1S/C16H18N4O3/c1-11(21)18-8-12-4-2-5-13(19-12)14-6-3-7-20(14)16(22)15-9-17-10-23-15/h2,4-5,9-10,14H,3,6-8H2,1H3,(H,18,21)/t14-/m1/s1. The first-order valence-electron chi connectivity index (χ1n) is 7.55. The fraction of sp³-hybridized carbons (Fsp3) is 0.375. The lowest BCUT2D eigenvalue weighted by Gasteiger charge is -2.23. The second-order valence-electron chi connectivity index (χ2n) is 5.49. The van der Waals surface area contributed by atoms with E-state index in [4.69, 9.17) is 4.42 Å².